The van der Waals surface area contributed by atoms with Crippen LogP contribution in [0.2, 0.25) is 0 Å². The highest BCUT2D eigenvalue weighted by molar-refractivity contribution is 5.89. The Morgan fingerprint density at radius 1 is 1.32 bits per heavy atom. The molecule has 0 aliphatic carbocycles. The molecule has 0 aromatic heterocycles. The number of nitrogens with zero attached hydrogens (tertiary/aromatic N) is 2. The number of benzene rings is 1. The molecule has 2 aliphatic rings. The SMILES string of the molecule is CCOc1ccc(NC(=O)N2CCN(C[C@H]3CCCO3)CC2)cc1C. The number of hydrogen-bond acceptors (Lipinski definition) is 4. The van der Waals surface area contributed by atoms with Gasteiger partial charge in [-0.15, -0.1) is 0 Å². The Morgan fingerprint density at radius 3 is 2.76 bits per heavy atom. The first-order chi connectivity index (χ1) is 12.2. The second kappa shape index (κ2) is 8.54. The third kappa shape index (κ3) is 4.86. The standard InChI is InChI=1S/C19H29N3O3/c1-3-24-18-7-6-16(13-15(18)2)20-19(23)22-10-8-21(9-11-22)14-17-5-4-12-25-17/h6-7,13,17H,3-5,8-12,14H2,1-2H3,(H,20,23)/t17-/m1/s1. The van der Waals surface area contributed by atoms with Gasteiger partial charge in [0.1, 0.15) is 5.75 Å². The minimum atomic E-state index is -0.0275. The molecule has 2 aliphatic heterocycles. The highest BCUT2D eigenvalue weighted by atomic mass is 16.5. The summed E-state index contributed by atoms with van der Waals surface area (Å²) in [6.45, 7) is 9.83. The maximum absolute atomic E-state index is 12.5. The van der Waals surface area contributed by atoms with Crippen LogP contribution < -0.4 is 10.1 Å². The summed E-state index contributed by atoms with van der Waals surface area (Å²) in [5.74, 6) is 0.864. The third-order valence-electron chi connectivity index (χ3n) is 4.87. The first kappa shape index (κ1) is 18.0. The molecule has 0 bridgehead atoms. The van der Waals surface area contributed by atoms with Crippen molar-refractivity contribution in [2.24, 2.45) is 0 Å². The Hall–Kier alpha value is -1.79. The molecular weight excluding hydrogens is 318 g/mol. The summed E-state index contributed by atoms with van der Waals surface area (Å²) in [4.78, 5) is 16.8. The van der Waals surface area contributed by atoms with Crippen molar-refractivity contribution in [1.82, 2.24) is 9.80 Å². The van der Waals surface area contributed by atoms with Gasteiger partial charge in [-0.25, -0.2) is 4.79 Å². The first-order valence-electron chi connectivity index (χ1n) is 9.29. The number of ether oxygens (including phenoxy) is 2. The van der Waals surface area contributed by atoms with Crippen LogP contribution in [-0.4, -0.2) is 67.9 Å². The van der Waals surface area contributed by atoms with Crippen molar-refractivity contribution in [1.29, 1.82) is 0 Å². The summed E-state index contributed by atoms with van der Waals surface area (Å²) in [5, 5.41) is 3.00. The number of piperazine rings is 1. The molecule has 6 heteroatoms. The van der Waals surface area contributed by atoms with Gasteiger partial charge < -0.3 is 19.7 Å². The predicted octanol–water partition coefficient (Wildman–Crippen LogP) is 2.72. The van der Waals surface area contributed by atoms with Gasteiger partial charge in [0.2, 0.25) is 0 Å². The van der Waals surface area contributed by atoms with Crippen LogP contribution in [0.15, 0.2) is 18.2 Å². The second-order valence-corrected chi connectivity index (χ2v) is 6.77. The number of urea groups is 1. The van der Waals surface area contributed by atoms with Crippen LogP contribution in [0.5, 0.6) is 5.75 Å². The maximum Gasteiger partial charge on any atom is 0.321 e. The number of amides is 2. The normalized spacial score (nSPS) is 21.4. The number of carbonyl (C=O) groups excluding carboxylic acids is 1. The van der Waals surface area contributed by atoms with Crippen LogP contribution in [0, 0.1) is 6.92 Å². The Kier molecular flexibility index (Phi) is 6.15. The van der Waals surface area contributed by atoms with E-state index < -0.39 is 0 Å². The number of anilines is 1. The van der Waals surface area contributed by atoms with E-state index in [2.05, 4.69) is 10.2 Å². The quantitative estimate of drug-likeness (QED) is 0.890. The van der Waals surface area contributed by atoms with Crippen molar-refractivity contribution in [3.8, 4) is 5.75 Å². The summed E-state index contributed by atoms with van der Waals surface area (Å²) < 4.78 is 11.2. The number of aryl methyl sites for hydroxylation is 1. The Morgan fingerprint density at radius 2 is 2.12 bits per heavy atom. The molecule has 2 heterocycles. The van der Waals surface area contributed by atoms with Crippen LogP contribution in [0.1, 0.15) is 25.3 Å². The van der Waals surface area contributed by atoms with Gasteiger partial charge in [0.25, 0.3) is 0 Å². The molecule has 2 amide bonds. The summed E-state index contributed by atoms with van der Waals surface area (Å²) >= 11 is 0. The summed E-state index contributed by atoms with van der Waals surface area (Å²) in [7, 11) is 0. The molecule has 0 spiro atoms. The maximum atomic E-state index is 12.5. The fraction of sp³-hybridized carbons (Fsp3) is 0.632. The van der Waals surface area contributed by atoms with Crippen LogP contribution in [0.25, 0.3) is 0 Å². The van der Waals surface area contributed by atoms with E-state index >= 15 is 0 Å². The molecule has 3 rings (SSSR count). The van der Waals surface area contributed by atoms with E-state index in [1.807, 2.05) is 36.9 Å². The fourth-order valence-corrected chi connectivity index (χ4v) is 3.46. The van der Waals surface area contributed by atoms with Crippen molar-refractivity contribution in [2.45, 2.75) is 32.8 Å². The summed E-state index contributed by atoms with van der Waals surface area (Å²) in [5.41, 5.74) is 1.84. The highest BCUT2D eigenvalue weighted by Crippen LogP contribution is 2.22. The van der Waals surface area contributed by atoms with E-state index in [1.165, 1.54) is 6.42 Å². The molecule has 138 valence electrons. The van der Waals surface area contributed by atoms with Gasteiger partial charge in [0.15, 0.2) is 0 Å². The van der Waals surface area contributed by atoms with Crippen LogP contribution in [0.4, 0.5) is 10.5 Å². The van der Waals surface area contributed by atoms with Gasteiger partial charge in [0, 0.05) is 45.0 Å². The minimum Gasteiger partial charge on any atom is -0.494 e. The molecule has 25 heavy (non-hydrogen) atoms. The van der Waals surface area contributed by atoms with E-state index in [9.17, 15) is 4.79 Å². The number of nitrogens with one attached hydrogen (secondary N) is 1. The van der Waals surface area contributed by atoms with E-state index in [4.69, 9.17) is 9.47 Å². The molecule has 2 fully saturated rings. The topological polar surface area (TPSA) is 54.0 Å². The lowest BCUT2D eigenvalue weighted by Gasteiger charge is -2.35. The highest BCUT2D eigenvalue weighted by Gasteiger charge is 2.24. The van der Waals surface area contributed by atoms with E-state index in [1.54, 1.807) is 0 Å². The second-order valence-electron chi connectivity index (χ2n) is 6.77. The van der Waals surface area contributed by atoms with Crippen molar-refractivity contribution < 1.29 is 14.3 Å². The third-order valence-corrected chi connectivity index (χ3v) is 4.87. The first-order valence-corrected chi connectivity index (χ1v) is 9.29. The van der Waals surface area contributed by atoms with Crippen molar-refractivity contribution >= 4 is 11.7 Å². The Bertz CT molecular complexity index is 579. The lowest BCUT2D eigenvalue weighted by Crippen LogP contribution is -2.51. The van der Waals surface area contributed by atoms with E-state index in [0.29, 0.717) is 12.7 Å². The monoisotopic (exact) mass is 347 g/mol. The number of carbonyl (C=O) groups is 1. The number of hydrogen-bond donors (Lipinski definition) is 1. The van der Waals surface area contributed by atoms with E-state index in [-0.39, 0.29) is 6.03 Å². The Balaban J connectivity index is 1.46. The van der Waals surface area contributed by atoms with Crippen molar-refractivity contribution in [3.63, 3.8) is 0 Å². The van der Waals surface area contributed by atoms with Gasteiger partial charge >= 0.3 is 6.03 Å². The van der Waals surface area contributed by atoms with Gasteiger partial charge in [-0.3, -0.25) is 4.90 Å². The lowest BCUT2D eigenvalue weighted by atomic mass is 10.2. The van der Waals surface area contributed by atoms with E-state index in [0.717, 1.165) is 62.8 Å². The molecule has 1 atom stereocenters. The zero-order valence-electron chi connectivity index (χ0n) is 15.3. The predicted molar refractivity (Wildman–Crippen MR) is 98.4 cm³/mol. The molecule has 0 radical (unpaired) electrons. The van der Waals surface area contributed by atoms with Gasteiger partial charge in [-0.1, -0.05) is 0 Å². The zero-order valence-corrected chi connectivity index (χ0v) is 15.3. The lowest BCUT2D eigenvalue weighted by molar-refractivity contribution is 0.0572. The average Bonchev–Trinajstić information content (AvgIpc) is 3.11. The molecule has 1 aromatic carbocycles. The number of rotatable bonds is 5. The molecule has 2 saturated heterocycles. The van der Waals surface area contributed by atoms with Crippen LogP contribution in [-0.2, 0) is 4.74 Å². The molecule has 0 unspecified atom stereocenters. The van der Waals surface area contributed by atoms with Crippen molar-refractivity contribution in [3.05, 3.63) is 23.8 Å². The molecule has 0 saturated carbocycles. The fourth-order valence-electron chi connectivity index (χ4n) is 3.46. The van der Waals surface area contributed by atoms with Crippen LogP contribution >= 0.6 is 0 Å². The van der Waals surface area contributed by atoms with Gasteiger partial charge in [-0.2, -0.15) is 0 Å². The molecule has 1 N–H and O–H groups in total. The average molecular weight is 347 g/mol. The molecular formula is C19H29N3O3. The minimum absolute atomic E-state index is 0.0275. The smallest absolute Gasteiger partial charge is 0.321 e. The Labute approximate surface area is 150 Å². The summed E-state index contributed by atoms with van der Waals surface area (Å²) in [6.07, 6.45) is 2.72. The zero-order chi connectivity index (χ0) is 17.6. The van der Waals surface area contributed by atoms with Gasteiger partial charge in [-0.05, 0) is 50.5 Å². The van der Waals surface area contributed by atoms with Crippen LogP contribution in [0.3, 0.4) is 0 Å². The van der Waals surface area contributed by atoms with Crippen molar-refractivity contribution in [2.75, 3.05) is 51.3 Å². The van der Waals surface area contributed by atoms with Gasteiger partial charge in [0.05, 0.1) is 12.7 Å². The summed E-state index contributed by atoms with van der Waals surface area (Å²) in [6, 6.07) is 5.73. The largest absolute Gasteiger partial charge is 0.494 e. The molecule has 1 aromatic rings. The molecule has 6 nitrogen and oxygen atoms in total.